The van der Waals surface area contributed by atoms with Crippen LogP contribution in [0.25, 0.3) is 0 Å². The van der Waals surface area contributed by atoms with Gasteiger partial charge in [-0.1, -0.05) is 153 Å². The van der Waals surface area contributed by atoms with E-state index in [1.165, 1.54) is 89.9 Å². The predicted octanol–water partition coefficient (Wildman–Crippen LogP) is 9.98. The third kappa shape index (κ3) is 35.5. The van der Waals surface area contributed by atoms with Crippen molar-refractivity contribution in [1.82, 2.24) is 0 Å². The first-order chi connectivity index (χ1) is 23.2. The summed E-state index contributed by atoms with van der Waals surface area (Å²) >= 11 is 0. The van der Waals surface area contributed by atoms with E-state index < -0.39 is 38.6 Å². The molecular weight excluding hydrogens is 631 g/mol. The molecule has 0 saturated heterocycles. The second-order valence-electron chi connectivity index (χ2n) is 12.8. The minimum absolute atomic E-state index is 0.0447. The molecule has 0 amide bonds. The van der Waals surface area contributed by atoms with Gasteiger partial charge < -0.3 is 24.4 Å². The zero-order chi connectivity index (χ0) is 35.6. The lowest BCUT2D eigenvalue weighted by Gasteiger charge is -2.18. The highest BCUT2D eigenvalue weighted by Gasteiger charge is 2.23. The molecule has 2 atom stereocenters. The lowest BCUT2D eigenvalue weighted by atomic mass is 10.0. The van der Waals surface area contributed by atoms with Gasteiger partial charge in [-0.25, -0.2) is 4.57 Å². The summed E-state index contributed by atoms with van der Waals surface area (Å²) in [4.78, 5) is 42.7. The number of hydrogen-bond acceptors (Lipinski definition) is 7. The van der Waals surface area contributed by atoms with Gasteiger partial charge in [-0.15, -0.1) is 0 Å². The molecule has 0 bridgehead atoms. The number of aliphatic hydroxyl groups is 1. The van der Waals surface area contributed by atoms with E-state index in [2.05, 4.69) is 30.5 Å². The quantitative estimate of drug-likeness (QED) is 0.0197. The number of phosphoric ester groups is 1. The van der Waals surface area contributed by atoms with Crippen LogP contribution in [-0.2, 0) is 28.2 Å². The molecule has 0 aliphatic heterocycles. The molecule has 0 radical (unpaired) electrons. The summed E-state index contributed by atoms with van der Waals surface area (Å²) < 4.78 is 26.2. The largest absolute Gasteiger partial charge is 0.469 e. The number of aliphatic hydroxyl groups excluding tert-OH is 1. The van der Waals surface area contributed by atoms with Crippen molar-refractivity contribution in [3.63, 3.8) is 0 Å². The first-order valence-electron chi connectivity index (χ1n) is 18.9. The molecule has 0 aliphatic carbocycles. The molecule has 0 aromatic heterocycles. The Hall–Kier alpha value is -1.77. The average Bonchev–Trinajstić information content (AvgIpc) is 3.04. The van der Waals surface area contributed by atoms with Crippen molar-refractivity contribution in [2.45, 2.75) is 180 Å². The van der Waals surface area contributed by atoms with E-state index >= 15 is 0 Å². The Bertz CT molecular complexity index is 897. The molecule has 48 heavy (non-hydrogen) atoms. The second-order valence-corrected chi connectivity index (χ2v) is 14.0. The number of phosphoric acid groups is 1. The van der Waals surface area contributed by atoms with Crippen molar-refractivity contribution in [1.29, 1.82) is 0 Å². The summed E-state index contributed by atoms with van der Waals surface area (Å²) in [7, 11) is -4.79. The molecule has 9 nitrogen and oxygen atoms in total. The molecule has 0 fully saturated rings. The predicted molar refractivity (Wildman–Crippen MR) is 194 cm³/mol. The topological polar surface area (TPSA) is 140 Å². The highest BCUT2D eigenvalue weighted by molar-refractivity contribution is 7.46. The first-order valence-corrected chi connectivity index (χ1v) is 20.4. The van der Waals surface area contributed by atoms with Crippen LogP contribution < -0.4 is 0 Å². The SMILES string of the molecule is CCCCCCCC/C=C/C/C=C/C=C/C(O)CCCC(=O)OC[C@H](COP(=O)(O)O)OC(=O)CCCCCCCCCCCCCC. The van der Waals surface area contributed by atoms with Gasteiger partial charge in [0.25, 0.3) is 0 Å². The van der Waals surface area contributed by atoms with Crippen molar-refractivity contribution in [2.75, 3.05) is 13.2 Å². The number of carbonyl (C=O) groups is 2. The number of esters is 2. The maximum Gasteiger partial charge on any atom is 0.469 e. The minimum Gasteiger partial charge on any atom is -0.462 e. The summed E-state index contributed by atoms with van der Waals surface area (Å²) in [6.07, 6.45) is 34.7. The molecule has 0 heterocycles. The van der Waals surface area contributed by atoms with E-state index in [9.17, 15) is 19.3 Å². The monoisotopic (exact) mass is 700 g/mol. The van der Waals surface area contributed by atoms with Crippen LogP contribution in [0.5, 0.6) is 0 Å². The van der Waals surface area contributed by atoms with Crippen LogP contribution in [0.1, 0.15) is 168 Å². The number of unbranched alkanes of at least 4 members (excludes halogenated alkanes) is 17. The molecule has 1 unspecified atom stereocenters. The highest BCUT2D eigenvalue weighted by Crippen LogP contribution is 2.36. The van der Waals surface area contributed by atoms with E-state index in [4.69, 9.17) is 19.3 Å². The number of allylic oxidation sites excluding steroid dienone is 5. The van der Waals surface area contributed by atoms with Crippen LogP contribution in [0, 0.1) is 0 Å². The van der Waals surface area contributed by atoms with Crippen LogP contribution in [-0.4, -0.2) is 52.3 Å². The zero-order valence-corrected chi connectivity index (χ0v) is 31.1. The summed E-state index contributed by atoms with van der Waals surface area (Å²) in [6.45, 7) is 3.49. The normalized spacial score (nSPS) is 13.5. The van der Waals surface area contributed by atoms with E-state index in [0.717, 1.165) is 32.1 Å². The molecule has 280 valence electrons. The lowest BCUT2D eigenvalue weighted by molar-refractivity contribution is -0.161. The number of ether oxygens (including phenoxy) is 2. The van der Waals surface area contributed by atoms with E-state index in [0.29, 0.717) is 19.3 Å². The fourth-order valence-corrected chi connectivity index (χ4v) is 5.51. The molecule has 0 aromatic carbocycles. The van der Waals surface area contributed by atoms with Crippen molar-refractivity contribution < 1.29 is 43.0 Å². The molecule has 0 spiro atoms. The van der Waals surface area contributed by atoms with Crippen molar-refractivity contribution in [2.24, 2.45) is 0 Å². The third-order valence-electron chi connectivity index (χ3n) is 8.02. The Kier molecular flexibility index (Phi) is 32.5. The average molecular weight is 701 g/mol. The smallest absolute Gasteiger partial charge is 0.462 e. The number of rotatable bonds is 34. The van der Waals surface area contributed by atoms with E-state index in [1.807, 2.05) is 12.2 Å². The first kappa shape index (κ1) is 46.2. The van der Waals surface area contributed by atoms with Gasteiger partial charge in [0.2, 0.25) is 0 Å². The summed E-state index contributed by atoms with van der Waals surface area (Å²) in [5.41, 5.74) is 0. The molecule has 0 rings (SSSR count). The van der Waals surface area contributed by atoms with Crippen molar-refractivity contribution in [3.8, 4) is 0 Å². The maximum absolute atomic E-state index is 12.3. The molecular formula is C38H69O9P. The van der Waals surface area contributed by atoms with Gasteiger partial charge in [0.1, 0.15) is 6.61 Å². The van der Waals surface area contributed by atoms with Gasteiger partial charge >= 0.3 is 19.8 Å². The minimum atomic E-state index is -4.79. The van der Waals surface area contributed by atoms with Gasteiger partial charge in [0.05, 0.1) is 12.7 Å². The van der Waals surface area contributed by atoms with Crippen molar-refractivity contribution >= 4 is 19.8 Å². The molecule has 0 aliphatic rings. The molecule has 0 saturated carbocycles. The standard InChI is InChI=1S/C38H69O9P/c1-3-5-7-9-11-13-15-17-18-20-22-24-26-29-35(39)30-28-32-37(40)45-33-36(34-46-48(42,43)44)47-38(41)31-27-25-23-21-19-16-14-12-10-8-6-4-2/h17-18,22,24,26,29,35-36,39H,3-16,19-21,23,25,27-28,30-34H2,1-2H3,(H2,42,43,44)/b18-17+,24-22+,29-26+/t35?,36-/m1/s1. The van der Waals surface area contributed by atoms with Gasteiger partial charge in [-0.2, -0.15) is 0 Å². The Morgan fingerprint density at radius 1 is 0.646 bits per heavy atom. The van der Waals surface area contributed by atoms with E-state index in [1.54, 1.807) is 12.2 Å². The summed E-state index contributed by atoms with van der Waals surface area (Å²) in [6, 6.07) is 0. The van der Waals surface area contributed by atoms with Crippen LogP contribution in [0.3, 0.4) is 0 Å². The lowest BCUT2D eigenvalue weighted by Crippen LogP contribution is -2.29. The molecule has 0 aromatic rings. The Morgan fingerprint density at radius 3 is 1.77 bits per heavy atom. The number of carbonyl (C=O) groups excluding carboxylic acids is 2. The highest BCUT2D eigenvalue weighted by atomic mass is 31.2. The Morgan fingerprint density at radius 2 is 1.19 bits per heavy atom. The van der Waals surface area contributed by atoms with Crippen molar-refractivity contribution in [3.05, 3.63) is 36.5 Å². The van der Waals surface area contributed by atoms with Crippen LogP contribution >= 0.6 is 7.82 Å². The fourth-order valence-electron chi connectivity index (χ4n) is 5.15. The van der Waals surface area contributed by atoms with Gasteiger partial charge in [0, 0.05) is 12.8 Å². The van der Waals surface area contributed by atoms with Crippen LogP contribution in [0.2, 0.25) is 0 Å². The van der Waals surface area contributed by atoms with E-state index in [-0.39, 0.29) is 19.4 Å². The zero-order valence-electron chi connectivity index (χ0n) is 30.2. The summed E-state index contributed by atoms with van der Waals surface area (Å²) in [5.74, 6) is -1.08. The Balaban J connectivity index is 4.16. The van der Waals surface area contributed by atoms with Gasteiger partial charge in [-0.05, 0) is 38.5 Å². The molecule has 10 heteroatoms. The second kappa shape index (κ2) is 33.7. The van der Waals surface area contributed by atoms with Crippen LogP contribution in [0.15, 0.2) is 36.5 Å². The van der Waals surface area contributed by atoms with Gasteiger partial charge in [0.15, 0.2) is 6.10 Å². The van der Waals surface area contributed by atoms with Gasteiger partial charge in [-0.3, -0.25) is 14.1 Å². The maximum atomic E-state index is 12.3. The molecule has 3 N–H and O–H groups in total. The fraction of sp³-hybridized carbons (Fsp3) is 0.789. The summed E-state index contributed by atoms with van der Waals surface area (Å²) in [5, 5.41) is 10.2. The van der Waals surface area contributed by atoms with Crippen LogP contribution in [0.4, 0.5) is 0 Å². The third-order valence-corrected chi connectivity index (χ3v) is 8.50. The Labute approximate surface area is 292 Å². The number of hydrogen-bond donors (Lipinski definition) is 3.